The second-order valence-electron chi connectivity index (χ2n) is 7.14. The van der Waals surface area contributed by atoms with Gasteiger partial charge >= 0.3 is 0 Å². The number of fused-ring (bicyclic) bond motifs is 1. The van der Waals surface area contributed by atoms with Crippen LogP contribution in [0, 0.1) is 11.8 Å². The monoisotopic (exact) mass is 403 g/mol. The van der Waals surface area contributed by atoms with Gasteiger partial charge in [-0.15, -0.1) is 23.5 Å². The Labute approximate surface area is 171 Å². The minimum atomic E-state index is 0.375. The van der Waals surface area contributed by atoms with Crippen LogP contribution in [0.1, 0.15) is 13.8 Å². The molecule has 2 atom stereocenters. The summed E-state index contributed by atoms with van der Waals surface area (Å²) in [5.74, 6) is 5.31. The van der Waals surface area contributed by atoms with Crippen LogP contribution in [0.3, 0.4) is 0 Å². The van der Waals surface area contributed by atoms with E-state index in [0.717, 1.165) is 36.2 Å². The molecule has 1 N–H and O–H groups in total. The molecule has 0 aliphatic carbocycles. The normalized spacial score (nSPS) is 17.7. The van der Waals surface area contributed by atoms with Crippen LogP contribution in [-0.2, 0) is 0 Å². The maximum Gasteiger partial charge on any atom is 0.132 e. The Bertz CT molecular complexity index is 696. The number of thioether (sulfide) groups is 2. The zero-order valence-electron chi connectivity index (χ0n) is 16.3. The van der Waals surface area contributed by atoms with E-state index in [1.54, 1.807) is 7.11 Å². The zero-order chi connectivity index (χ0) is 19.1. The molecule has 3 nitrogen and oxygen atoms in total. The molecule has 0 radical (unpaired) electrons. The van der Waals surface area contributed by atoms with Crippen molar-refractivity contribution in [2.24, 2.45) is 11.8 Å². The van der Waals surface area contributed by atoms with E-state index in [-0.39, 0.29) is 0 Å². The Kier molecular flexibility index (Phi) is 7.80. The first-order valence-electron chi connectivity index (χ1n) is 9.51. The minimum absolute atomic E-state index is 0.375. The van der Waals surface area contributed by atoms with Gasteiger partial charge in [-0.05, 0) is 42.6 Å². The zero-order valence-corrected chi connectivity index (χ0v) is 17.9. The molecule has 0 unspecified atom stereocenters. The smallest absolute Gasteiger partial charge is 0.132 e. The molecular weight excluding hydrogens is 374 g/mol. The summed E-state index contributed by atoms with van der Waals surface area (Å²) in [7, 11) is 1.74. The van der Waals surface area contributed by atoms with Gasteiger partial charge in [-0.25, -0.2) is 0 Å². The Balaban J connectivity index is 1.51. The van der Waals surface area contributed by atoms with Gasteiger partial charge in [0.1, 0.15) is 18.1 Å². The summed E-state index contributed by atoms with van der Waals surface area (Å²) in [5, 5.41) is 3.75. The molecular formula is C22H29NO2S2. The van der Waals surface area contributed by atoms with Crippen LogP contribution >= 0.6 is 23.5 Å². The number of hydrogen-bond donors (Lipinski definition) is 1. The van der Waals surface area contributed by atoms with E-state index in [1.165, 1.54) is 9.79 Å². The van der Waals surface area contributed by atoms with Crippen LogP contribution in [0.5, 0.6) is 11.5 Å². The predicted molar refractivity (Wildman–Crippen MR) is 116 cm³/mol. The summed E-state index contributed by atoms with van der Waals surface area (Å²) in [5.41, 5.74) is 0. The Morgan fingerprint density at radius 2 is 1.96 bits per heavy atom. The molecule has 3 rings (SSSR count). The first-order valence-corrected chi connectivity index (χ1v) is 11.5. The lowest BCUT2D eigenvalue weighted by atomic mass is 9.98. The fourth-order valence-corrected chi connectivity index (χ4v) is 5.38. The van der Waals surface area contributed by atoms with E-state index in [2.05, 4.69) is 49.5 Å². The largest absolute Gasteiger partial charge is 0.496 e. The number of methoxy groups -OCH3 is 1. The standard InChI is InChI=1S/C22H29NO2S2/c1-16(2)17(14-26-21-10-6-4-8-19(21)24-3)12-23-18-13-25-20-9-5-7-11-22(20)27-15-18/h4-11,16-18,23H,12-15H2,1-3H3/t17-,18+/m0/s1. The number of hydrogen-bond acceptors (Lipinski definition) is 5. The lowest BCUT2D eigenvalue weighted by Gasteiger charge is -2.24. The second kappa shape index (κ2) is 10.3. The molecule has 0 aromatic heterocycles. The molecule has 1 aliphatic heterocycles. The molecule has 0 spiro atoms. The highest BCUT2D eigenvalue weighted by atomic mass is 32.2. The van der Waals surface area contributed by atoms with Crippen LogP contribution in [0.2, 0.25) is 0 Å². The molecule has 1 heterocycles. The predicted octanol–water partition coefficient (Wildman–Crippen LogP) is 5.20. The maximum absolute atomic E-state index is 6.01. The SMILES string of the molecule is COc1ccccc1SC[C@H](CN[C@@H]1COc2ccccc2SC1)C(C)C. The second-order valence-corrected chi connectivity index (χ2v) is 9.26. The van der Waals surface area contributed by atoms with Crippen LogP contribution < -0.4 is 14.8 Å². The van der Waals surface area contributed by atoms with Gasteiger partial charge in [0.05, 0.1) is 13.2 Å². The van der Waals surface area contributed by atoms with Gasteiger partial charge in [0.25, 0.3) is 0 Å². The van der Waals surface area contributed by atoms with Crippen LogP contribution in [-0.4, -0.2) is 37.8 Å². The van der Waals surface area contributed by atoms with Gasteiger partial charge in [-0.3, -0.25) is 0 Å². The van der Waals surface area contributed by atoms with Crippen molar-refractivity contribution in [3.05, 3.63) is 48.5 Å². The van der Waals surface area contributed by atoms with Crippen molar-refractivity contribution in [1.29, 1.82) is 0 Å². The first kappa shape index (κ1) is 20.4. The lowest BCUT2D eigenvalue weighted by molar-refractivity contribution is 0.263. The number of rotatable bonds is 8. The molecule has 1 aliphatic rings. The molecule has 146 valence electrons. The molecule has 5 heteroatoms. The number of para-hydroxylation sites is 2. The third kappa shape index (κ3) is 5.84. The summed E-state index contributed by atoms with van der Waals surface area (Å²) in [6, 6.07) is 17.0. The molecule has 2 aromatic rings. The van der Waals surface area contributed by atoms with E-state index in [1.807, 2.05) is 41.7 Å². The van der Waals surface area contributed by atoms with Gasteiger partial charge < -0.3 is 14.8 Å². The molecule has 27 heavy (non-hydrogen) atoms. The molecule has 0 amide bonds. The molecule has 2 aromatic carbocycles. The van der Waals surface area contributed by atoms with E-state index < -0.39 is 0 Å². The van der Waals surface area contributed by atoms with E-state index in [0.29, 0.717) is 17.9 Å². The third-order valence-electron chi connectivity index (χ3n) is 4.86. The van der Waals surface area contributed by atoms with Crippen molar-refractivity contribution in [3.63, 3.8) is 0 Å². The van der Waals surface area contributed by atoms with Crippen molar-refractivity contribution in [2.75, 3.05) is 31.8 Å². The highest BCUT2D eigenvalue weighted by molar-refractivity contribution is 7.99. The van der Waals surface area contributed by atoms with E-state index >= 15 is 0 Å². The number of benzene rings is 2. The van der Waals surface area contributed by atoms with Crippen LogP contribution in [0.25, 0.3) is 0 Å². The summed E-state index contributed by atoms with van der Waals surface area (Å²) < 4.78 is 11.5. The summed E-state index contributed by atoms with van der Waals surface area (Å²) in [4.78, 5) is 2.46. The lowest BCUT2D eigenvalue weighted by Crippen LogP contribution is -2.40. The highest BCUT2D eigenvalue weighted by Gasteiger charge is 2.20. The average molecular weight is 404 g/mol. The average Bonchev–Trinajstić information content (AvgIpc) is 2.90. The van der Waals surface area contributed by atoms with Crippen molar-refractivity contribution in [2.45, 2.75) is 29.7 Å². The van der Waals surface area contributed by atoms with Gasteiger partial charge in [0, 0.05) is 21.3 Å². The highest BCUT2D eigenvalue weighted by Crippen LogP contribution is 2.33. The van der Waals surface area contributed by atoms with Gasteiger partial charge in [-0.2, -0.15) is 0 Å². The third-order valence-corrected chi connectivity index (χ3v) is 7.32. The van der Waals surface area contributed by atoms with Crippen molar-refractivity contribution in [1.82, 2.24) is 5.32 Å². The summed E-state index contributed by atoms with van der Waals surface area (Å²) >= 11 is 3.77. The maximum atomic E-state index is 6.01. The number of nitrogens with one attached hydrogen (secondary N) is 1. The fourth-order valence-electron chi connectivity index (χ4n) is 2.98. The van der Waals surface area contributed by atoms with Crippen molar-refractivity contribution >= 4 is 23.5 Å². The van der Waals surface area contributed by atoms with Crippen LogP contribution in [0.4, 0.5) is 0 Å². The minimum Gasteiger partial charge on any atom is -0.496 e. The Morgan fingerprint density at radius 1 is 1.19 bits per heavy atom. The molecule has 0 saturated carbocycles. The Morgan fingerprint density at radius 3 is 2.78 bits per heavy atom. The molecule has 0 saturated heterocycles. The number of ether oxygens (including phenoxy) is 2. The molecule has 0 fully saturated rings. The molecule has 0 bridgehead atoms. The van der Waals surface area contributed by atoms with Crippen molar-refractivity contribution < 1.29 is 9.47 Å². The van der Waals surface area contributed by atoms with Gasteiger partial charge in [0.15, 0.2) is 0 Å². The topological polar surface area (TPSA) is 30.5 Å². The summed E-state index contributed by atoms with van der Waals surface area (Å²) in [6.45, 7) is 6.35. The van der Waals surface area contributed by atoms with E-state index in [9.17, 15) is 0 Å². The van der Waals surface area contributed by atoms with Crippen molar-refractivity contribution in [3.8, 4) is 11.5 Å². The first-order chi connectivity index (χ1) is 13.2. The van der Waals surface area contributed by atoms with Crippen LogP contribution in [0.15, 0.2) is 58.3 Å². The van der Waals surface area contributed by atoms with Gasteiger partial charge in [0.2, 0.25) is 0 Å². The van der Waals surface area contributed by atoms with E-state index in [4.69, 9.17) is 9.47 Å². The quantitative estimate of drug-likeness (QED) is 0.612. The van der Waals surface area contributed by atoms with Gasteiger partial charge in [-0.1, -0.05) is 38.1 Å². The Hall–Kier alpha value is -1.30. The fraction of sp³-hybridized carbons (Fsp3) is 0.455. The summed E-state index contributed by atoms with van der Waals surface area (Å²) in [6.07, 6.45) is 0.